The van der Waals surface area contributed by atoms with Crippen molar-refractivity contribution >= 4 is 23.9 Å². The van der Waals surface area contributed by atoms with Crippen LogP contribution >= 0.6 is 0 Å². The average Bonchev–Trinajstić information content (AvgIpc) is 2.71. The van der Waals surface area contributed by atoms with Crippen LogP contribution in [0.2, 0.25) is 0 Å². The van der Waals surface area contributed by atoms with E-state index in [9.17, 15) is 19.2 Å². The topological polar surface area (TPSA) is 114 Å². The molecule has 0 heterocycles. The fraction of sp³-hybridized carbons (Fsp3) is 0.565. The van der Waals surface area contributed by atoms with Gasteiger partial charge in [-0.2, -0.15) is 0 Å². The second kappa shape index (κ2) is 12.7. The molecule has 9 heteroatoms. The van der Waals surface area contributed by atoms with Crippen LogP contribution in [0.25, 0.3) is 0 Å². The lowest BCUT2D eigenvalue weighted by molar-refractivity contribution is -0.154. The van der Waals surface area contributed by atoms with Gasteiger partial charge < -0.3 is 25.0 Å². The first-order chi connectivity index (χ1) is 14.9. The summed E-state index contributed by atoms with van der Waals surface area (Å²) in [5.41, 5.74) is 0.164. The van der Waals surface area contributed by atoms with Gasteiger partial charge in [-0.25, -0.2) is 4.79 Å². The van der Waals surface area contributed by atoms with E-state index in [1.807, 2.05) is 44.2 Å². The van der Waals surface area contributed by atoms with Crippen LogP contribution in [-0.4, -0.2) is 60.6 Å². The number of alkyl carbamates (subject to hydrolysis) is 1. The minimum Gasteiger partial charge on any atom is -0.459 e. The van der Waals surface area contributed by atoms with Crippen molar-refractivity contribution in [1.82, 2.24) is 15.5 Å². The fourth-order valence-corrected chi connectivity index (χ4v) is 2.76. The molecule has 32 heavy (non-hydrogen) atoms. The standard InChI is InChI=1S/C23H35N3O6/c1-16(2)12-18(21(29)24-14-20(28)32-23(3,4)5)26(6)19(27)13-25-22(30)31-15-17-10-8-7-9-11-17/h7-11,16,18H,12-15H2,1-6H3,(H,24,29)(H,25,30)/t18-/m1/s1. The predicted octanol–water partition coefficient (Wildman–Crippen LogP) is 2.24. The number of amides is 3. The number of ether oxygens (including phenoxy) is 2. The highest BCUT2D eigenvalue weighted by Gasteiger charge is 2.28. The molecule has 0 bridgehead atoms. The zero-order valence-electron chi connectivity index (χ0n) is 19.8. The third kappa shape index (κ3) is 10.8. The van der Waals surface area contributed by atoms with Gasteiger partial charge in [-0.15, -0.1) is 0 Å². The third-order valence-corrected chi connectivity index (χ3v) is 4.28. The number of benzene rings is 1. The molecule has 0 aliphatic carbocycles. The van der Waals surface area contributed by atoms with E-state index in [2.05, 4.69) is 10.6 Å². The molecule has 0 aliphatic rings. The zero-order valence-corrected chi connectivity index (χ0v) is 19.8. The Balaban J connectivity index is 2.58. The highest BCUT2D eigenvalue weighted by molar-refractivity contribution is 5.90. The Kier molecular flexibility index (Phi) is 10.7. The molecule has 1 aromatic rings. The van der Waals surface area contributed by atoms with Crippen molar-refractivity contribution in [3.8, 4) is 0 Å². The number of nitrogens with zero attached hydrogens (tertiary/aromatic N) is 1. The van der Waals surface area contributed by atoms with Crippen molar-refractivity contribution in [1.29, 1.82) is 0 Å². The molecule has 9 nitrogen and oxygen atoms in total. The lowest BCUT2D eigenvalue weighted by atomic mass is 10.0. The van der Waals surface area contributed by atoms with Gasteiger partial charge in [0.05, 0.1) is 0 Å². The van der Waals surface area contributed by atoms with Gasteiger partial charge in [0.1, 0.15) is 31.3 Å². The number of rotatable bonds is 10. The molecule has 2 N–H and O–H groups in total. The Morgan fingerprint density at radius 2 is 1.62 bits per heavy atom. The van der Waals surface area contributed by atoms with Gasteiger partial charge in [-0.05, 0) is 38.7 Å². The number of hydrogen-bond donors (Lipinski definition) is 2. The van der Waals surface area contributed by atoms with Gasteiger partial charge in [-0.1, -0.05) is 44.2 Å². The lowest BCUT2D eigenvalue weighted by Gasteiger charge is -2.29. The summed E-state index contributed by atoms with van der Waals surface area (Å²) in [5, 5.41) is 4.93. The smallest absolute Gasteiger partial charge is 0.407 e. The van der Waals surface area contributed by atoms with Crippen molar-refractivity contribution in [2.24, 2.45) is 5.92 Å². The van der Waals surface area contributed by atoms with Gasteiger partial charge in [0.15, 0.2) is 0 Å². The fourth-order valence-electron chi connectivity index (χ4n) is 2.76. The van der Waals surface area contributed by atoms with Crippen molar-refractivity contribution in [3.63, 3.8) is 0 Å². The van der Waals surface area contributed by atoms with Crippen LogP contribution in [0.3, 0.4) is 0 Å². The summed E-state index contributed by atoms with van der Waals surface area (Å²) in [6.45, 7) is 8.52. The second-order valence-electron chi connectivity index (χ2n) is 8.87. The van der Waals surface area contributed by atoms with Crippen molar-refractivity contribution in [3.05, 3.63) is 35.9 Å². The van der Waals surface area contributed by atoms with Gasteiger partial charge in [0, 0.05) is 7.05 Å². The summed E-state index contributed by atoms with van der Waals surface area (Å²) in [4.78, 5) is 50.2. The van der Waals surface area contributed by atoms with Crippen LogP contribution < -0.4 is 10.6 Å². The molecule has 1 aromatic carbocycles. The van der Waals surface area contributed by atoms with Crippen LogP contribution in [-0.2, 0) is 30.5 Å². The largest absolute Gasteiger partial charge is 0.459 e. The summed E-state index contributed by atoms with van der Waals surface area (Å²) in [7, 11) is 1.49. The van der Waals surface area contributed by atoms with Crippen LogP contribution in [0, 0.1) is 5.92 Å². The van der Waals surface area contributed by atoms with Crippen LogP contribution in [0.4, 0.5) is 4.79 Å². The highest BCUT2D eigenvalue weighted by Crippen LogP contribution is 2.11. The van der Waals surface area contributed by atoms with E-state index in [1.165, 1.54) is 11.9 Å². The Labute approximate surface area is 189 Å². The summed E-state index contributed by atoms with van der Waals surface area (Å²) in [5.74, 6) is -1.37. The maximum atomic E-state index is 12.7. The molecule has 0 spiro atoms. The summed E-state index contributed by atoms with van der Waals surface area (Å²) in [6, 6.07) is 8.36. The summed E-state index contributed by atoms with van der Waals surface area (Å²) in [6.07, 6.45) is -0.341. The normalized spacial score (nSPS) is 12.0. The number of carbonyl (C=O) groups excluding carboxylic acids is 4. The van der Waals surface area contributed by atoms with E-state index in [0.29, 0.717) is 6.42 Å². The van der Waals surface area contributed by atoms with E-state index in [4.69, 9.17) is 9.47 Å². The molecule has 0 fully saturated rings. The van der Waals surface area contributed by atoms with Gasteiger partial charge >= 0.3 is 12.1 Å². The first-order valence-corrected chi connectivity index (χ1v) is 10.6. The Hall–Kier alpha value is -3.10. The van der Waals surface area contributed by atoms with Crippen LogP contribution in [0.15, 0.2) is 30.3 Å². The quantitative estimate of drug-likeness (QED) is 0.530. The molecule has 0 aliphatic heterocycles. The van der Waals surface area contributed by atoms with Crippen LogP contribution in [0.5, 0.6) is 0 Å². The first-order valence-electron chi connectivity index (χ1n) is 10.6. The van der Waals surface area contributed by atoms with E-state index in [1.54, 1.807) is 20.8 Å². The molecule has 0 saturated carbocycles. The van der Waals surface area contributed by atoms with Crippen LogP contribution in [0.1, 0.15) is 46.6 Å². The van der Waals surface area contributed by atoms with Crippen molar-refractivity contribution in [2.45, 2.75) is 59.3 Å². The maximum Gasteiger partial charge on any atom is 0.407 e. The lowest BCUT2D eigenvalue weighted by Crippen LogP contribution is -2.51. The maximum absolute atomic E-state index is 12.7. The second-order valence-corrected chi connectivity index (χ2v) is 8.87. The Morgan fingerprint density at radius 3 is 2.19 bits per heavy atom. The molecule has 3 amide bonds. The molecule has 0 aromatic heterocycles. The zero-order chi connectivity index (χ0) is 24.3. The highest BCUT2D eigenvalue weighted by atomic mass is 16.6. The number of likely N-dealkylation sites (N-methyl/N-ethyl adjacent to an activating group) is 1. The van der Waals surface area contributed by atoms with Gasteiger partial charge in [0.25, 0.3) is 0 Å². The average molecular weight is 450 g/mol. The number of carbonyl (C=O) groups is 4. The minimum absolute atomic E-state index is 0.0831. The monoisotopic (exact) mass is 449 g/mol. The van der Waals surface area contributed by atoms with E-state index < -0.39 is 35.5 Å². The van der Waals surface area contributed by atoms with Gasteiger partial charge in [0.2, 0.25) is 11.8 Å². The molecule has 0 radical (unpaired) electrons. The molecule has 0 saturated heterocycles. The first kappa shape index (κ1) is 26.9. The molecule has 0 unspecified atom stereocenters. The van der Waals surface area contributed by atoms with Crippen molar-refractivity contribution < 1.29 is 28.7 Å². The number of hydrogen-bond acceptors (Lipinski definition) is 6. The molecule has 178 valence electrons. The predicted molar refractivity (Wildman–Crippen MR) is 119 cm³/mol. The van der Waals surface area contributed by atoms with E-state index in [-0.39, 0.29) is 25.6 Å². The summed E-state index contributed by atoms with van der Waals surface area (Å²) >= 11 is 0. The summed E-state index contributed by atoms with van der Waals surface area (Å²) < 4.78 is 10.3. The number of nitrogens with one attached hydrogen (secondary N) is 2. The van der Waals surface area contributed by atoms with E-state index >= 15 is 0 Å². The van der Waals surface area contributed by atoms with E-state index in [0.717, 1.165) is 5.56 Å². The molecule has 1 rings (SSSR count). The molecular formula is C23H35N3O6. The molecular weight excluding hydrogens is 414 g/mol. The SMILES string of the molecule is CC(C)C[C@H](C(=O)NCC(=O)OC(C)(C)C)N(C)C(=O)CNC(=O)OCc1ccccc1. The molecule has 1 atom stereocenters. The number of esters is 1. The minimum atomic E-state index is -0.799. The van der Waals surface area contributed by atoms with Crippen molar-refractivity contribution in [2.75, 3.05) is 20.1 Å². The van der Waals surface area contributed by atoms with Gasteiger partial charge in [-0.3, -0.25) is 14.4 Å². The third-order valence-electron chi connectivity index (χ3n) is 4.28. The Morgan fingerprint density at radius 1 is 1.00 bits per heavy atom. The Bertz CT molecular complexity index is 774.